The topological polar surface area (TPSA) is 44.5 Å². The Hall–Kier alpha value is -1.43. The summed E-state index contributed by atoms with van der Waals surface area (Å²) in [7, 11) is 2.58. The maximum absolute atomic E-state index is 12.6. The van der Waals surface area contributed by atoms with Crippen LogP contribution in [0.4, 0.5) is 13.2 Å². The summed E-state index contributed by atoms with van der Waals surface area (Å²) in [6, 6.07) is 0.848. The minimum atomic E-state index is -4.55. The van der Waals surface area contributed by atoms with E-state index in [0.717, 1.165) is 5.56 Å². The van der Waals surface area contributed by atoms with Gasteiger partial charge in [-0.3, -0.25) is 0 Å². The van der Waals surface area contributed by atoms with E-state index in [4.69, 9.17) is 15.2 Å². The highest BCUT2D eigenvalue weighted by atomic mass is 19.4. The van der Waals surface area contributed by atoms with Crippen LogP contribution in [0.3, 0.4) is 0 Å². The summed E-state index contributed by atoms with van der Waals surface area (Å²) in [5.74, 6) is 0.151. The molecule has 1 aromatic carbocycles. The molecule has 3 nitrogen and oxygen atoms in total. The van der Waals surface area contributed by atoms with Gasteiger partial charge in [-0.15, -0.1) is 0 Å². The van der Waals surface area contributed by atoms with Crippen LogP contribution >= 0.6 is 0 Å². The second kappa shape index (κ2) is 4.83. The maximum Gasteiger partial charge on any atom is 0.407 e. The third-order valence-corrected chi connectivity index (χ3v) is 2.35. The van der Waals surface area contributed by atoms with Crippen LogP contribution in [0.25, 0.3) is 0 Å². The quantitative estimate of drug-likeness (QED) is 0.895. The number of ether oxygens (including phenoxy) is 2. The molecule has 0 spiro atoms. The first-order valence-electron chi connectivity index (χ1n) is 4.86. The maximum atomic E-state index is 12.6. The molecule has 2 N–H and O–H groups in total. The summed E-state index contributed by atoms with van der Waals surface area (Å²) in [4.78, 5) is 0. The van der Waals surface area contributed by atoms with Crippen molar-refractivity contribution in [3.8, 4) is 11.5 Å². The highest BCUT2D eigenvalue weighted by Crippen LogP contribution is 2.41. The number of rotatable bonds is 3. The summed E-state index contributed by atoms with van der Waals surface area (Å²) in [5.41, 5.74) is 5.74. The lowest BCUT2D eigenvalue weighted by molar-refractivity contribution is -0.149. The first-order chi connectivity index (χ1) is 7.81. The number of benzene rings is 1. The minimum Gasteiger partial charge on any atom is -0.496 e. The van der Waals surface area contributed by atoms with Gasteiger partial charge in [0, 0.05) is 0 Å². The predicted octanol–water partition coefficient (Wildman–Crippen LogP) is 2.57. The van der Waals surface area contributed by atoms with Crippen LogP contribution in [0.5, 0.6) is 11.5 Å². The molecule has 6 heteroatoms. The van der Waals surface area contributed by atoms with Gasteiger partial charge < -0.3 is 15.2 Å². The summed E-state index contributed by atoms with van der Waals surface area (Å²) in [6.07, 6.45) is -4.55. The average Bonchev–Trinajstić information content (AvgIpc) is 2.25. The lowest BCUT2D eigenvalue weighted by Gasteiger charge is -2.21. The van der Waals surface area contributed by atoms with Crippen molar-refractivity contribution < 1.29 is 22.6 Å². The fraction of sp³-hybridized carbons (Fsp3) is 0.455. The molecule has 0 aliphatic carbocycles. The monoisotopic (exact) mass is 249 g/mol. The Morgan fingerprint density at radius 3 is 1.82 bits per heavy atom. The first kappa shape index (κ1) is 13.6. The highest BCUT2D eigenvalue weighted by molar-refractivity contribution is 5.50. The zero-order chi connectivity index (χ0) is 13.2. The molecule has 0 amide bonds. The summed E-state index contributed by atoms with van der Waals surface area (Å²) in [5, 5.41) is 0. The van der Waals surface area contributed by atoms with Gasteiger partial charge in [-0.25, -0.2) is 0 Å². The fourth-order valence-corrected chi connectivity index (χ4v) is 1.54. The van der Waals surface area contributed by atoms with E-state index in [9.17, 15) is 13.2 Å². The summed E-state index contributed by atoms with van der Waals surface area (Å²) >= 11 is 0. The summed E-state index contributed by atoms with van der Waals surface area (Å²) in [6.45, 7) is 1.73. The van der Waals surface area contributed by atoms with Crippen molar-refractivity contribution in [3.05, 3.63) is 23.3 Å². The Kier molecular flexibility index (Phi) is 3.87. The zero-order valence-electron chi connectivity index (χ0n) is 9.76. The Bertz CT molecular complexity index is 379. The van der Waals surface area contributed by atoms with Crippen LogP contribution in [0.2, 0.25) is 0 Å². The zero-order valence-corrected chi connectivity index (χ0v) is 9.76. The molecule has 0 fully saturated rings. The van der Waals surface area contributed by atoms with E-state index in [-0.39, 0.29) is 17.1 Å². The fourth-order valence-electron chi connectivity index (χ4n) is 1.54. The molecular formula is C11H14F3NO2. The van der Waals surface area contributed by atoms with Gasteiger partial charge in [0.25, 0.3) is 0 Å². The standard InChI is InChI=1S/C11H14F3NO2/c1-6-4-7(16-2)9(8(5-6)17-3)10(15)11(12,13)14/h4-5,10H,15H2,1-3H3/t10-/m1/s1. The molecule has 1 atom stereocenters. The van der Waals surface area contributed by atoms with Crippen molar-refractivity contribution >= 4 is 0 Å². The molecule has 0 saturated carbocycles. The lowest BCUT2D eigenvalue weighted by Crippen LogP contribution is -2.29. The van der Waals surface area contributed by atoms with Crippen LogP contribution < -0.4 is 15.2 Å². The second-order valence-electron chi connectivity index (χ2n) is 3.60. The molecule has 0 aliphatic heterocycles. The third-order valence-electron chi connectivity index (χ3n) is 2.35. The Labute approximate surface area is 97.3 Å². The Morgan fingerprint density at radius 2 is 1.53 bits per heavy atom. The van der Waals surface area contributed by atoms with E-state index in [0.29, 0.717) is 0 Å². The van der Waals surface area contributed by atoms with Gasteiger partial charge in [0.05, 0.1) is 19.8 Å². The smallest absolute Gasteiger partial charge is 0.407 e. The van der Waals surface area contributed by atoms with Gasteiger partial charge in [0.15, 0.2) is 0 Å². The molecule has 0 heterocycles. The van der Waals surface area contributed by atoms with Gasteiger partial charge in [-0.1, -0.05) is 0 Å². The van der Waals surface area contributed by atoms with Gasteiger partial charge >= 0.3 is 6.18 Å². The number of halogens is 3. The molecule has 0 bridgehead atoms. The molecule has 0 saturated heterocycles. The number of hydrogen-bond donors (Lipinski definition) is 1. The van der Waals surface area contributed by atoms with Gasteiger partial charge in [-0.2, -0.15) is 13.2 Å². The van der Waals surface area contributed by atoms with E-state index in [2.05, 4.69) is 0 Å². The average molecular weight is 249 g/mol. The van der Waals surface area contributed by atoms with Crippen LogP contribution in [0.15, 0.2) is 12.1 Å². The molecule has 1 aromatic rings. The van der Waals surface area contributed by atoms with Crippen molar-refractivity contribution in [2.24, 2.45) is 5.73 Å². The number of methoxy groups -OCH3 is 2. The van der Waals surface area contributed by atoms with E-state index in [1.165, 1.54) is 26.4 Å². The molecule has 0 aliphatic rings. The van der Waals surface area contributed by atoms with E-state index >= 15 is 0 Å². The van der Waals surface area contributed by atoms with E-state index < -0.39 is 12.2 Å². The number of hydrogen-bond acceptors (Lipinski definition) is 3. The SMILES string of the molecule is COc1cc(C)cc(OC)c1[C@@H](N)C(F)(F)F. The summed E-state index contributed by atoms with van der Waals surface area (Å²) < 4.78 is 47.7. The van der Waals surface area contributed by atoms with Crippen molar-refractivity contribution in [1.82, 2.24) is 0 Å². The minimum absolute atomic E-state index is 0.0756. The van der Waals surface area contributed by atoms with Gasteiger partial charge in [-0.05, 0) is 24.6 Å². The Morgan fingerprint density at radius 1 is 1.12 bits per heavy atom. The van der Waals surface area contributed by atoms with E-state index in [1.54, 1.807) is 6.92 Å². The number of alkyl halides is 3. The molecule has 0 radical (unpaired) electrons. The highest BCUT2D eigenvalue weighted by Gasteiger charge is 2.41. The van der Waals surface area contributed by atoms with E-state index in [1.807, 2.05) is 0 Å². The molecule has 1 rings (SSSR count). The second-order valence-corrected chi connectivity index (χ2v) is 3.60. The normalized spacial score (nSPS) is 13.4. The number of nitrogens with two attached hydrogens (primary N) is 1. The lowest BCUT2D eigenvalue weighted by atomic mass is 10.0. The van der Waals surface area contributed by atoms with Crippen molar-refractivity contribution in [2.75, 3.05) is 14.2 Å². The van der Waals surface area contributed by atoms with Gasteiger partial charge in [0.1, 0.15) is 17.5 Å². The predicted molar refractivity (Wildman–Crippen MR) is 57.3 cm³/mol. The van der Waals surface area contributed by atoms with Crippen LogP contribution in [-0.4, -0.2) is 20.4 Å². The van der Waals surface area contributed by atoms with Crippen LogP contribution in [0.1, 0.15) is 17.2 Å². The van der Waals surface area contributed by atoms with Crippen LogP contribution in [-0.2, 0) is 0 Å². The largest absolute Gasteiger partial charge is 0.496 e. The molecule has 0 aromatic heterocycles. The first-order valence-corrected chi connectivity index (χ1v) is 4.86. The van der Waals surface area contributed by atoms with Crippen molar-refractivity contribution in [1.29, 1.82) is 0 Å². The molecular weight excluding hydrogens is 235 g/mol. The van der Waals surface area contributed by atoms with Crippen LogP contribution in [0, 0.1) is 6.92 Å². The molecule has 96 valence electrons. The molecule has 17 heavy (non-hydrogen) atoms. The van der Waals surface area contributed by atoms with Crippen molar-refractivity contribution in [2.45, 2.75) is 19.1 Å². The van der Waals surface area contributed by atoms with Gasteiger partial charge in [0.2, 0.25) is 0 Å². The van der Waals surface area contributed by atoms with Crippen molar-refractivity contribution in [3.63, 3.8) is 0 Å². The molecule has 0 unspecified atom stereocenters. The third kappa shape index (κ3) is 2.82. The number of aryl methyl sites for hydroxylation is 1. The Balaban J connectivity index is 3.38.